The van der Waals surface area contributed by atoms with Crippen LogP contribution in [0.1, 0.15) is 30.1 Å². The van der Waals surface area contributed by atoms with Crippen LogP contribution in [-0.2, 0) is 4.74 Å². The van der Waals surface area contributed by atoms with E-state index in [4.69, 9.17) is 0 Å². The van der Waals surface area contributed by atoms with E-state index in [1.54, 1.807) is 0 Å². The van der Waals surface area contributed by atoms with Crippen LogP contribution in [0.4, 0.5) is 14.5 Å². The maximum Gasteiger partial charge on any atom is 0.340 e. The molecule has 21 heavy (non-hydrogen) atoms. The van der Waals surface area contributed by atoms with Crippen LogP contribution < -0.4 is 5.32 Å². The molecule has 1 aromatic carbocycles. The molecule has 6 heteroatoms. The molecule has 0 amide bonds. The summed E-state index contributed by atoms with van der Waals surface area (Å²) in [5, 5.41) is 3.02. The number of hydrogen-bond acceptors (Lipinski definition) is 4. The fourth-order valence-electron chi connectivity index (χ4n) is 2.54. The van der Waals surface area contributed by atoms with Crippen LogP contribution in [0.25, 0.3) is 0 Å². The van der Waals surface area contributed by atoms with E-state index in [9.17, 15) is 13.6 Å². The Morgan fingerprint density at radius 3 is 2.57 bits per heavy atom. The minimum absolute atomic E-state index is 0.0927. The van der Waals surface area contributed by atoms with Gasteiger partial charge < -0.3 is 15.0 Å². The van der Waals surface area contributed by atoms with Crippen LogP contribution in [0.3, 0.4) is 0 Å². The number of nitrogens with zero attached hydrogens (tertiary/aromatic N) is 1. The molecule has 0 aliphatic carbocycles. The first-order valence-electron chi connectivity index (χ1n) is 7.12. The molecule has 116 valence electrons. The summed E-state index contributed by atoms with van der Waals surface area (Å²) in [6.45, 7) is 4.99. The van der Waals surface area contributed by atoms with Gasteiger partial charge in [0, 0.05) is 19.1 Å². The van der Waals surface area contributed by atoms with Crippen LogP contribution in [0.15, 0.2) is 12.1 Å². The van der Waals surface area contributed by atoms with Gasteiger partial charge in [-0.1, -0.05) is 6.92 Å². The molecular formula is C15H20F2N2O2. The number of hydrogen-bond donors (Lipinski definition) is 1. The van der Waals surface area contributed by atoms with Crippen LogP contribution in [0, 0.1) is 11.6 Å². The Bertz CT molecular complexity index is 515. The predicted octanol–water partition coefficient (Wildman–Crippen LogP) is 2.65. The zero-order valence-corrected chi connectivity index (χ0v) is 12.3. The van der Waals surface area contributed by atoms with E-state index in [0.29, 0.717) is 0 Å². The summed E-state index contributed by atoms with van der Waals surface area (Å²) < 4.78 is 32.3. The zero-order valence-electron chi connectivity index (χ0n) is 12.3. The first-order chi connectivity index (χ1) is 10.1. The Morgan fingerprint density at radius 1 is 1.33 bits per heavy atom. The number of esters is 1. The van der Waals surface area contributed by atoms with Gasteiger partial charge in [0.15, 0.2) is 11.6 Å². The number of benzene rings is 1. The Balaban J connectivity index is 2.08. The molecule has 0 radical (unpaired) electrons. The van der Waals surface area contributed by atoms with Crippen LogP contribution in [-0.4, -0.2) is 43.7 Å². The fraction of sp³-hybridized carbons (Fsp3) is 0.533. The molecule has 1 aliphatic rings. The van der Waals surface area contributed by atoms with Gasteiger partial charge in [-0.05, 0) is 31.5 Å². The largest absolute Gasteiger partial charge is 0.465 e. The van der Waals surface area contributed by atoms with E-state index >= 15 is 0 Å². The van der Waals surface area contributed by atoms with Crippen molar-refractivity contribution in [3.63, 3.8) is 0 Å². The molecule has 1 saturated heterocycles. The Kier molecular flexibility index (Phi) is 5.12. The number of methoxy groups -OCH3 is 1. The first kappa shape index (κ1) is 15.7. The summed E-state index contributed by atoms with van der Waals surface area (Å²) in [5.41, 5.74) is -0.295. The molecule has 1 fully saturated rings. The summed E-state index contributed by atoms with van der Waals surface area (Å²) in [7, 11) is 1.13. The molecule has 1 heterocycles. The third-order valence-electron chi connectivity index (χ3n) is 3.88. The molecule has 1 aromatic rings. The highest BCUT2D eigenvalue weighted by atomic mass is 19.2. The molecule has 0 saturated carbocycles. The van der Waals surface area contributed by atoms with Gasteiger partial charge in [-0.2, -0.15) is 0 Å². The van der Waals surface area contributed by atoms with Gasteiger partial charge in [-0.25, -0.2) is 13.6 Å². The van der Waals surface area contributed by atoms with Crippen LogP contribution in [0.5, 0.6) is 0 Å². The summed E-state index contributed by atoms with van der Waals surface area (Å²) >= 11 is 0. The quantitative estimate of drug-likeness (QED) is 0.868. The number of ether oxygens (including phenoxy) is 1. The van der Waals surface area contributed by atoms with Gasteiger partial charge in [-0.15, -0.1) is 0 Å². The highest BCUT2D eigenvalue weighted by molar-refractivity contribution is 5.90. The van der Waals surface area contributed by atoms with Gasteiger partial charge in [0.1, 0.15) is 0 Å². The average molecular weight is 298 g/mol. The lowest BCUT2D eigenvalue weighted by Gasteiger charge is -2.32. The van der Waals surface area contributed by atoms with E-state index in [-0.39, 0.29) is 17.3 Å². The molecule has 4 nitrogen and oxygen atoms in total. The Labute approximate surface area is 123 Å². The first-order valence-corrected chi connectivity index (χ1v) is 7.12. The third-order valence-corrected chi connectivity index (χ3v) is 3.88. The normalized spacial score (nSPS) is 16.8. The van der Waals surface area contributed by atoms with Crippen molar-refractivity contribution >= 4 is 11.7 Å². The Hall–Kier alpha value is -1.69. The second-order valence-electron chi connectivity index (χ2n) is 5.13. The van der Waals surface area contributed by atoms with Gasteiger partial charge in [0.05, 0.1) is 18.4 Å². The van der Waals surface area contributed by atoms with E-state index in [2.05, 4.69) is 21.9 Å². The van der Waals surface area contributed by atoms with Crippen molar-refractivity contribution < 1.29 is 18.3 Å². The maximum absolute atomic E-state index is 14.0. The van der Waals surface area contributed by atoms with Crippen molar-refractivity contribution in [2.24, 2.45) is 0 Å². The molecular weight excluding hydrogens is 278 g/mol. The molecule has 0 unspecified atom stereocenters. The summed E-state index contributed by atoms with van der Waals surface area (Å²) in [6, 6.07) is 2.75. The van der Waals surface area contributed by atoms with Crippen molar-refractivity contribution in [2.75, 3.05) is 32.1 Å². The van der Waals surface area contributed by atoms with E-state index < -0.39 is 17.6 Å². The molecule has 0 spiro atoms. The topological polar surface area (TPSA) is 41.6 Å². The lowest BCUT2D eigenvalue weighted by Crippen LogP contribution is -2.39. The number of halogens is 2. The molecule has 1 aliphatic heterocycles. The minimum Gasteiger partial charge on any atom is -0.465 e. The number of carbonyl (C=O) groups excluding carboxylic acids is 1. The molecule has 0 atom stereocenters. The average Bonchev–Trinajstić information content (AvgIpc) is 2.52. The second kappa shape index (κ2) is 6.85. The van der Waals surface area contributed by atoms with E-state index in [1.807, 2.05) is 0 Å². The lowest BCUT2D eigenvalue weighted by molar-refractivity contribution is 0.0594. The van der Waals surface area contributed by atoms with E-state index in [1.165, 1.54) is 12.1 Å². The number of likely N-dealkylation sites (tertiary alicyclic amines) is 1. The van der Waals surface area contributed by atoms with Crippen molar-refractivity contribution in [2.45, 2.75) is 25.8 Å². The summed E-state index contributed by atoms with van der Waals surface area (Å²) in [5.74, 6) is -3.08. The molecule has 1 N–H and O–H groups in total. The number of nitrogens with one attached hydrogen (secondary N) is 1. The third kappa shape index (κ3) is 3.50. The van der Waals surface area contributed by atoms with Crippen molar-refractivity contribution in [1.29, 1.82) is 0 Å². The van der Waals surface area contributed by atoms with Crippen LogP contribution >= 0.6 is 0 Å². The van der Waals surface area contributed by atoms with Gasteiger partial charge >= 0.3 is 5.97 Å². The lowest BCUT2D eigenvalue weighted by atomic mass is 10.0. The Morgan fingerprint density at radius 2 is 2.00 bits per heavy atom. The minimum atomic E-state index is -1.17. The SMILES string of the molecule is CCN1CCC(Nc2ccc(C(=O)OC)c(F)c2F)CC1. The number of anilines is 1. The zero-order chi connectivity index (χ0) is 15.4. The van der Waals surface area contributed by atoms with Gasteiger partial charge in [0.2, 0.25) is 0 Å². The molecule has 0 bridgehead atoms. The molecule has 0 aromatic heterocycles. The van der Waals surface area contributed by atoms with E-state index in [0.717, 1.165) is 39.6 Å². The highest BCUT2D eigenvalue weighted by Gasteiger charge is 2.22. The number of carbonyl (C=O) groups is 1. The van der Waals surface area contributed by atoms with Crippen LogP contribution in [0.2, 0.25) is 0 Å². The highest BCUT2D eigenvalue weighted by Crippen LogP contribution is 2.24. The maximum atomic E-state index is 14.0. The fourth-order valence-corrected chi connectivity index (χ4v) is 2.54. The molecule has 2 rings (SSSR count). The van der Waals surface area contributed by atoms with Crippen molar-refractivity contribution in [3.05, 3.63) is 29.3 Å². The second-order valence-corrected chi connectivity index (χ2v) is 5.13. The van der Waals surface area contributed by atoms with Crippen molar-refractivity contribution in [3.8, 4) is 0 Å². The number of piperidine rings is 1. The summed E-state index contributed by atoms with van der Waals surface area (Å²) in [4.78, 5) is 13.6. The predicted molar refractivity (Wildman–Crippen MR) is 76.5 cm³/mol. The smallest absolute Gasteiger partial charge is 0.340 e. The van der Waals surface area contributed by atoms with Gasteiger partial charge in [-0.3, -0.25) is 0 Å². The monoisotopic (exact) mass is 298 g/mol. The van der Waals surface area contributed by atoms with Gasteiger partial charge in [0.25, 0.3) is 0 Å². The van der Waals surface area contributed by atoms with Crippen molar-refractivity contribution in [1.82, 2.24) is 4.90 Å². The standard InChI is InChI=1S/C15H20F2N2O2/c1-3-19-8-6-10(7-9-19)18-12-5-4-11(15(20)21-2)13(16)14(12)17/h4-5,10,18H,3,6-9H2,1-2H3. The number of rotatable bonds is 4. The summed E-state index contributed by atoms with van der Waals surface area (Å²) in [6.07, 6.45) is 1.77.